The van der Waals surface area contributed by atoms with Gasteiger partial charge < -0.3 is 17.4 Å². The van der Waals surface area contributed by atoms with Crippen molar-refractivity contribution in [1.29, 1.82) is 0 Å². The molecule has 0 spiro atoms. The smallest absolute Gasteiger partial charge is 0.395 e. The Kier molecular flexibility index (Phi) is 7.40. The van der Waals surface area contributed by atoms with Gasteiger partial charge in [0, 0.05) is 19.8 Å². The summed E-state index contributed by atoms with van der Waals surface area (Å²) in [6.45, 7) is 7.38. The first kappa shape index (κ1) is 15.6. The van der Waals surface area contributed by atoms with Gasteiger partial charge in [-0.05, 0) is 26.0 Å². The van der Waals surface area contributed by atoms with Crippen molar-refractivity contribution < 1.29 is 17.4 Å². The lowest BCUT2D eigenvalue weighted by molar-refractivity contribution is 0.0112. The second kappa shape index (κ2) is 8.57. The molecule has 0 amide bonds. The molecule has 4 nitrogen and oxygen atoms in total. The third kappa shape index (κ3) is 5.01. The molecule has 0 bridgehead atoms. The molecule has 0 aromatic heterocycles. The molecule has 1 aromatic carbocycles. The third-order valence-corrected chi connectivity index (χ3v) is 6.94. The van der Waals surface area contributed by atoms with E-state index in [0.29, 0.717) is 19.8 Å². The molecule has 1 rings (SSSR count). The van der Waals surface area contributed by atoms with Gasteiger partial charge in [-0.15, -0.1) is 0 Å². The molecular formula is C12H22O4Si2. The molecule has 0 aliphatic rings. The lowest BCUT2D eigenvalue weighted by atomic mass is 10.4. The Balaban J connectivity index is 2.64. The van der Waals surface area contributed by atoms with E-state index in [1.807, 2.05) is 39.0 Å². The first-order valence-corrected chi connectivity index (χ1v) is 9.27. The van der Waals surface area contributed by atoms with Crippen LogP contribution in [0.3, 0.4) is 0 Å². The Morgan fingerprint density at radius 1 is 0.889 bits per heavy atom. The minimum Gasteiger partial charge on any atom is -0.395 e. The van der Waals surface area contributed by atoms with Crippen molar-refractivity contribution in [3.8, 4) is 0 Å². The van der Waals surface area contributed by atoms with Gasteiger partial charge in [-0.25, -0.2) is 0 Å². The predicted molar refractivity (Wildman–Crippen MR) is 76.3 cm³/mol. The van der Waals surface area contributed by atoms with Crippen LogP contribution in [0.2, 0.25) is 0 Å². The fourth-order valence-electron chi connectivity index (χ4n) is 1.53. The van der Waals surface area contributed by atoms with Crippen LogP contribution in [0.15, 0.2) is 30.3 Å². The van der Waals surface area contributed by atoms with E-state index in [1.165, 1.54) is 5.19 Å². The average molecular weight is 286 g/mol. The van der Waals surface area contributed by atoms with E-state index < -0.39 is 18.8 Å². The van der Waals surface area contributed by atoms with Crippen molar-refractivity contribution in [3.05, 3.63) is 30.3 Å². The third-order valence-electron chi connectivity index (χ3n) is 2.22. The molecular weight excluding hydrogens is 264 g/mol. The maximum absolute atomic E-state index is 5.95. The van der Waals surface area contributed by atoms with Gasteiger partial charge in [-0.3, -0.25) is 0 Å². The standard InChI is InChI=1S/C12H22O4Si2/c1-4-13-18(14-5-2,15-6-3)16-17-12-10-8-7-9-11-12/h7-11H,4-6,17H2,1-3H3. The summed E-state index contributed by atoms with van der Waals surface area (Å²) in [5.74, 6) is 0. The molecule has 0 unspecified atom stereocenters. The quantitative estimate of drug-likeness (QED) is 0.634. The van der Waals surface area contributed by atoms with Crippen LogP contribution >= 0.6 is 0 Å². The van der Waals surface area contributed by atoms with E-state index in [9.17, 15) is 0 Å². The minimum atomic E-state index is -2.92. The molecule has 0 saturated heterocycles. The van der Waals surface area contributed by atoms with Crippen molar-refractivity contribution >= 4 is 24.0 Å². The zero-order chi connectivity index (χ0) is 13.3. The fourth-order valence-corrected chi connectivity index (χ4v) is 5.68. The van der Waals surface area contributed by atoms with Crippen molar-refractivity contribution in [3.63, 3.8) is 0 Å². The predicted octanol–water partition coefficient (Wildman–Crippen LogP) is 0.957. The highest BCUT2D eigenvalue weighted by atomic mass is 28.4. The highest BCUT2D eigenvalue weighted by Crippen LogP contribution is 2.11. The molecule has 102 valence electrons. The van der Waals surface area contributed by atoms with Crippen LogP contribution in [0, 0.1) is 0 Å². The van der Waals surface area contributed by atoms with Crippen molar-refractivity contribution in [2.45, 2.75) is 20.8 Å². The molecule has 1 aromatic rings. The van der Waals surface area contributed by atoms with Crippen molar-refractivity contribution in [1.82, 2.24) is 0 Å². The molecule has 0 saturated carbocycles. The zero-order valence-electron chi connectivity index (χ0n) is 11.3. The summed E-state index contributed by atoms with van der Waals surface area (Å²) in [6, 6.07) is 10.1. The van der Waals surface area contributed by atoms with Crippen molar-refractivity contribution in [2.24, 2.45) is 0 Å². The summed E-state index contributed by atoms with van der Waals surface area (Å²) < 4.78 is 22.9. The maximum atomic E-state index is 5.95. The molecule has 0 aliphatic carbocycles. The average Bonchev–Trinajstić information content (AvgIpc) is 2.39. The number of hydrogen-bond acceptors (Lipinski definition) is 4. The molecule has 0 fully saturated rings. The van der Waals surface area contributed by atoms with Gasteiger partial charge in [0.15, 0.2) is 9.76 Å². The maximum Gasteiger partial charge on any atom is 0.668 e. The molecule has 0 N–H and O–H groups in total. The van der Waals surface area contributed by atoms with Gasteiger partial charge in [-0.1, -0.05) is 30.3 Å². The molecule has 0 aliphatic heterocycles. The lowest BCUT2D eigenvalue weighted by Gasteiger charge is -2.27. The van der Waals surface area contributed by atoms with Gasteiger partial charge in [0.2, 0.25) is 0 Å². The van der Waals surface area contributed by atoms with Crippen LogP contribution in [-0.4, -0.2) is 38.6 Å². The van der Waals surface area contributed by atoms with Gasteiger partial charge in [-0.2, -0.15) is 0 Å². The van der Waals surface area contributed by atoms with E-state index in [4.69, 9.17) is 17.4 Å². The Morgan fingerprint density at radius 2 is 1.39 bits per heavy atom. The van der Waals surface area contributed by atoms with Crippen LogP contribution in [0.25, 0.3) is 0 Å². The Bertz CT molecular complexity index is 304. The molecule has 0 heterocycles. The molecule has 18 heavy (non-hydrogen) atoms. The second-order valence-electron chi connectivity index (χ2n) is 3.57. The normalized spacial score (nSPS) is 12.4. The highest BCUT2D eigenvalue weighted by Gasteiger charge is 2.44. The largest absolute Gasteiger partial charge is 0.668 e. The number of benzene rings is 1. The Morgan fingerprint density at radius 3 is 1.83 bits per heavy atom. The number of rotatable bonds is 9. The van der Waals surface area contributed by atoms with Gasteiger partial charge in [0.25, 0.3) is 0 Å². The number of hydrogen-bond donors (Lipinski definition) is 0. The van der Waals surface area contributed by atoms with Crippen LogP contribution in [-0.2, 0) is 17.4 Å². The molecule has 0 radical (unpaired) electrons. The van der Waals surface area contributed by atoms with Crippen LogP contribution < -0.4 is 5.19 Å². The van der Waals surface area contributed by atoms with Gasteiger partial charge >= 0.3 is 9.05 Å². The fraction of sp³-hybridized carbons (Fsp3) is 0.500. The van der Waals surface area contributed by atoms with E-state index in [-0.39, 0.29) is 0 Å². The topological polar surface area (TPSA) is 36.9 Å². The van der Waals surface area contributed by atoms with Gasteiger partial charge in [0.1, 0.15) is 0 Å². The van der Waals surface area contributed by atoms with Crippen LogP contribution in [0.1, 0.15) is 20.8 Å². The summed E-state index contributed by atoms with van der Waals surface area (Å²) >= 11 is 0. The summed E-state index contributed by atoms with van der Waals surface area (Å²) in [5, 5.41) is 1.22. The SMILES string of the molecule is CCO[Si](OCC)(OCC)O[SiH2]c1ccccc1. The highest BCUT2D eigenvalue weighted by molar-refractivity contribution is 6.64. The van der Waals surface area contributed by atoms with E-state index >= 15 is 0 Å². The van der Waals surface area contributed by atoms with Crippen LogP contribution in [0.5, 0.6) is 0 Å². The van der Waals surface area contributed by atoms with E-state index in [0.717, 1.165) is 0 Å². The summed E-state index contributed by atoms with van der Waals surface area (Å²) in [5.41, 5.74) is 0. The monoisotopic (exact) mass is 286 g/mol. The summed E-state index contributed by atoms with van der Waals surface area (Å²) in [4.78, 5) is 0. The lowest BCUT2D eigenvalue weighted by Crippen LogP contribution is -2.51. The first-order valence-electron chi connectivity index (χ1n) is 6.36. The molecule has 0 atom stereocenters. The molecule has 6 heteroatoms. The van der Waals surface area contributed by atoms with Gasteiger partial charge in [0.05, 0.1) is 0 Å². The van der Waals surface area contributed by atoms with Crippen LogP contribution in [0.4, 0.5) is 0 Å². The Hall–Kier alpha value is -0.506. The van der Waals surface area contributed by atoms with Crippen molar-refractivity contribution in [2.75, 3.05) is 19.8 Å². The first-order chi connectivity index (χ1) is 8.76. The summed E-state index contributed by atoms with van der Waals surface area (Å²) in [7, 11) is -3.81. The minimum absolute atomic E-state index is 0.537. The summed E-state index contributed by atoms with van der Waals surface area (Å²) in [6.07, 6.45) is 0. The zero-order valence-corrected chi connectivity index (χ0v) is 13.8. The Labute approximate surface area is 113 Å². The second-order valence-corrected chi connectivity index (χ2v) is 7.70. The van der Waals surface area contributed by atoms with E-state index in [1.54, 1.807) is 0 Å². The van der Waals surface area contributed by atoms with E-state index in [2.05, 4.69) is 12.1 Å².